The standard InChI is InChI=1S/C29H42ClN7O4S/c1-6-40-26(38)19-8-13-37(14-9-19)24-22(30)20(7-12-32-24)42-25-23(31)35-21(17-33-25)36-15-10-29(5,11-16-36)18-34-27(39)41-28(2,3)4/h7,12,17,19H,6,8-11,13-16,18H2,1-5H3,(H2,31,35)(H,34,39). The largest absolute Gasteiger partial charge is 0.466 e. The van der Waals surface area contributed by atoms with Crippen molar-refractivity contribution in [2.45, 2.75) is 75.8 Å². The Labute approximate surface area is 257 Å². The molecule has 0 aromatic carbocycles. The second kappa shape index (κ2) is 13.5. The number of carbonyl (C=O) groups excluding carboxylic acids is 2. The zero-order valence-electron chi connectivity index (χ0n) is 25.1. The minimum absolute atomic E-state index is 0.0357. The average Bonchev–Trinajstić information content (AvgIpc) is 2.94. The Bertz CT molecular complexity index is 1260. The Morgan fingerprint density at radius 2 is 1.86 bits per heavy atom. The Morgan fingerprint density at radius 1 is 1.17 bits per heavy atom. The van der Waals surface area contributed by atoms with Crippen LogP contribution in [0.15, 0.2) is 28.4 Å². The van der Waals surface area contributed by atoms with E-state index in [0.29, 0.717) is 60.8 Å². The molecule has 13 heteroatoms. The molecule has 11 nitrogen and oxygen atoms in total. The third-order valence-corrected chi connectivity index (χ3v) is 9.11. The summed E-state index contributed by atoms with van der Waals surface area (Å²) < 4.78 is 10.6. The van der Waals surface area contributed by atoms with E-state index < -0.39 is 11.7 Å². The molecule has 4 rings (SSSR count). The maximum atomic E-state index is 12.1. The topological polar surface area (TPSA) is 136 Å². The van der Waals surface area contributed by atoms with Crippen molar-refractivity contribution in [1.29, 1.82) is 0 Å². The average molecular weight is 620 g/mol. The number of rotatable bonds is 8. The highest BCUT2D eigenvalue weighted by atomic mass is 35.5. The van der Waals surface area contributed by atoms with Crippen LogP contribution >= 0.6 is 23.4 Å². The number of ether oxygens (including phenoxy) is 2. The van der Waals surface area contributed by atoms with Crippen LogP contribution < -0.4 is 20.9 Å². The lowest BCUT2D eigenvalue weighted by Crippen LogP contribution is -2.46. The SMILES string of the molecule is CCOC(=O)C1CCN(c2nccc(Sc3ncc(N4CCC(C)(CNC(=O)OC(C)(C)C)CC4)nc3N)c2Cl)CC1. The fourth-order valence-electron chi connectivity index (χ4n) is 5.07. The molecule has 0 atom stereocenters. The van der Waals surface area contributed by atoms with E-state index in [0.717, 1.165) is 36.6 Å². The van der Waals surface area contributed by atoms with Crippen LogP contribution in [0.25, 0.3) is 0 Å². The van der Waals surface area contributed by atoms with E-state index in [9.17, 15) is 9.59 Å². The van der Waals surface area contributed by atoms with Crippen molar-refractivity contribution in [3.8, 4) is 0 Å². The molecule has 1 amide bonds. The van der Waals surface area contributed by atoms with E-state index in [1.807, 2.05) is 33.8 Å². The van der Waals surface area contributed by atoms with Gasteiger partial charge in [0, 0.05) is 43.8 Å². The molecular weight excluding hydrogens is 578 g/mol. The fraction of sp³-hybridized carbons (Fsp3) is 0.621. The highest BCUT2D eigenvalue weighted by Crippen LogP contribution is 2.40. The Balaban J connectivity index is 1.34. The molecule has 0 bridgehead atoms. The lowest BCUT2D eigenvalue weighted by Gasteiger charge is -2.40. The van der Waals surface area contributed by atoms with Crippen molar-refractivity contribution in [1.82, 2.24) is 20.3 Å². The van der Waals surface area contributed by atoms with E-state index >= 15 is 0 Å². The number of aromatic nitrogens is 3. The van der Waals surface area contributed by atoms with Gasteiger partial charge in [0.25, 0.3) is 0 Å². The number of carbonyl (C=O) groups is 2. The molecule has 230 valence electrons. The van der Waals surface area contributed by atoms with Gasteiger partial charge in [-0.2, -0.15) is 0 Å². The lowest BCUT2D eigenvalue weighted by molar-refractivity contribution is -0.148. The van der Waals surface area contributed by atoms with E-state index in [4.69, 9.17) is 26.8 Å². The van der Waals surface area contributed by atoms with Crippen molar-refractivity contribution in [3.05, 3.63) is 23.5 Å². The monoisotopic (exact) mass is 619 g/mol. The molecule has 0 radical (unpaired) electrons. The predicted octanol–water partition coefficient (Wildman–Crippen LogP) is 5.17. The lowest BCUT2D eigenvalue weighted by atomic mass is 9.80. The number of nitrogens with two attached hydrogens (primary N) is 1. The maximum Gasteiger partial charge on any atom is 0.407 e. The highest BCUT2D eigenvalue weighted by molar-refractivity contribution is 7.99. The number of amides is 1. The van der Waals surface area contributed by atoms with Gasteiger partial charge >= 0.3 is 12.1 Å². The number of nitrogen functional groups attached to an aromatic ring is 1. The second-order valence-electron chi connectivity index (χ2n) is 12.1. The number of hydrogen-bond donors (Lipinski definition) is 2. The molecule has 42 heavy (non-hydrogen) atoms. The predicted molar refractivity (Wildman–Crippen MR) is 165 cm³/mol. The molecule has 0 unspecified atom stereocenters. The molecule has 2 saturated heterocycles. The number of pyridine rings is 1. The summed E-state index contributed by atoms with van der Waals surface area (Å²) in [7, 11) is 0. The third kappa shape index (κ3) is 8.31. The van der Waals surface area contributed by atoms with Gasteiger partial charge in [0.05, 0.1) is 23.7 Å². The minimum Gasteiger partial charge on any atom is -0.466 e. The van der Waals surface area contributed by atoms with Crippen LogP contribution in [0.1, 0.15) is 60.3 Å². The second-order valence-corrected chi connectivity index (χ2v) is 13.5. The molecule has 0 aliphatic carbocycles. The number of piperidine rings is 2. The molecule has 2 aromatic rings. The third-order valence-electron chi connectivity index (χ3n) is 7.56. The van der Waals surface area contributed by atoms with Gasteiger partial charge in [-0.1, -0.05) is 30.3 Å². The molecule has 2 fully saturated rings. The highest BCUT2D eigenvalue weighted by Gasteiger charge is 2.32. The quantitative estimate of drug-likeness (QED) is 0.379. The number of alkyl carbamates (subject to hydrolysis) is 1. The number of nitrogens with one attached hydrogen (secondary N) is 1. The zero-order valence-corrected chi connectivity index (χ0v) is 26.7. The van der Waals surface area contributed by atoms with E-state index in [2.05, 4.69) is 37.0 Å². The molecule has 4 heterocycles. The molecule has 0 saturated carbocycles. The van der Waals surface area contributed by atoms with Crippen LogP contribution in [-0.4, -0.2) is 71.9 Å². The van der Waals surface area contributed by atoms with Crippen LogP contribution in [0, 0.1) is 11.3 Å². The van der Waals surface area contributed by atoms with Crippen molar-refractivity contribution in [2.24, 2.45) is 11.3 Å². The van der Waals surface area contributed by atoms with Gasteiger partial charge in [-0.25, -0.2) is 19.7 Å². The van der Waals surface area contributed by atoms with Gasteiger partial charge in [-0.3, -0.25) is 4.79 Å². The van der Waals surface area contributed by atoms with Crippen LogP contribution in [0.3, 0.4) is 0 Å². The van der Waals surface area contributed by atoms with Gasteiger partial charge in [0.15, 0.2) is 5.82 Å². The number of esters is 1. The number of anilines is 3. The molecule has 0 spiro atoms. The zero-order chi connectivity index (χ0) is 30.5. The van der Waals surface area contributed by atoms with Gasteiger partial charge in [0.1, 0.15) is 22.3 Å². The summed E-state index contributed by atoms with van der Waals surface area (Å²) in [5, 5.41) is 4.01. The van der Waals surface area contributed by atoms with Crippen LogP contribution in [0.5, 0.6) is 0 Å². The summed E-state index contributed by atoms with van der Waals surface area (Å²) in [6, 6.07) is 1.84. The van der Waals surface area contributed by atoms with Gasteiger partial charge < -0.3 is 30.3 Å². The molecule has 2 aliphatic heterocycles. The Hall–Kier alpha value is -2.99. The Morgan fingerprint density at radius 3 is 2.48 bits per heavy atom. The summed E-state index contributed by atoms with van der Waals surface area (Å²) in [5.74, 6) is 1.53. The van der Waals surface area contributed by atoms with Crippen molar-refractivity contribution < 1.29 is 19.1 Å². The van der Waals surface area contributed by atoms with Crippen molar-refractivity contribution in [2.75, 3.05) is 54.9 Å². The first-order chi connectivity index (χ1) is 19.9. The molecule has 3 N–H and O–H groups in total. The molecule has 2 aliphatic rings. The maximum absolute atomic E-state index is 12.1. The van der Waals surface area contributed by atoms with Crippen LogP contribution in [0.4, 0.5) is 22.2 Å². The summed E-state index contributed by atoms with van der Waals surface area (Å²) in [6.07, 6.45) is 6.24. The first kappa shape index (κ1) is 31.9. The molecular formula is C29H42ClN7O4S. The van der Waals surface area contributed by atoms with Gasteiger partial charge in [0.2, 0.25) is 0 Å². The van der Waals surface area contributed by atoms with Crippen molar-refractivity contribution >= 4 is 52.9 Å². The van der Waals surface area contributed by atoms with E-state index in [1.165, 1.54) is 11.8 Å². The van der Waals surface area contributed by atoms with Crippen LogP contribution in [-0.2, 0) is 14.3 Å². The summed E-state index contributed by atoms with van der Waals surface area (Å²) in [4.78, 5) is 43.1. The fourth-order valence-corrected chi connectivity index (χ4v) is 6.19. The summed E-state index contributed by atoms with van der Waals surface area (Å²) in [6.45, 7) is 13.4. The first-order valence-electron chi connectivity index (χ1n) is 14.5. The smallest absolute Gasteiger partial charge is 0.407 e. The summed E-state index contributed by atoms with van der Waals surface area (Å²) >= 11 is 8.16. The molecule has 2 aromatic heterocycles. The summed E-state index contributed by atoms with van der Waals surface area (Å²) in [5.41, 5.74) is 5.81. The van der Waals surface area contributed by atoms with Crippen molar-refractivity contribution in [3.63, 3.8) is 0 Å². The number of halogens is 1. The van der Waals surface area contributed by atoms with E-state index in [-0.39, 0.29) is 17.3 Å². The van der Waals surface area contributed by atoms with Gasteiger partial charge in [-0.15, -0.1) is 0 Å². The van der Waals surface area contributed by atoms with Crippen LogP contribution in [0.2, 0.25) is 5.02 Å². The minimum atomic E-state index is -0.521. The Kier molecular flexibility index (Phi) is 10.3. The number of hydrogen-bond acceptors (Lipinski definition) is 11. The first-order valence-corrected chi connectivity index (χ1v) is 15.6. The van der Waals surface area contributed by atoms with E-state index in [1.54, 1.807) is 12.4 Å². The van der Waals surface area contributed by atoms with Gasteiger partial charge in [-0.05, 0) is 64.9 Å². The normalized spacial score (nSPS) is 17.6. The number of nitrogens with zero attached hydrogens (tertiary/aromatic N) is 5.